The van der Waals surface area contributed by atoms with E-state index in [1.165, 1.54) is 12.5 Å². The summed E-state index contributed by atoms with van der Waals surface area (Å²) >= 11 is 0. The van der Waals surface area contributed by atoms with Crippen molar-refractivity contribution in [1.82, 2.24) is 10.6 Å². The number of anilines is 1. The zero-order chi connectivity index (χ0) is 24.6. The zero-order valence-electron chi connectivity index (χ0n) is 20.4. The zero-order valence-corrected chi connectivity index (χ0v) is 20.4. The highest BCUT2D eigenvalue weighted by Gasteiger charge is 2.30. The lowest BCUT2D eigenvalue weighted by atomic mass is 9.78. The van der Waals surface area contributed by atoms with Crippen molar-refractivity contribution >= 4 is 17.5 Å². The van der Waals surface area contributed by atoms with Crippen molar-refractivity contribution in [3.8, 4) is 5.75 Å². The van der Waals surface area contributed by atoms with Crippen LogP contribution >= 0.6 is 0 Å². The van der Waals surface area contributed by atoms with Gasteiger partial charge in [0.2, 0.25) is 5.91 Å². The van der Waals surface area contributed by atoms with Crippen LogP contribution in [-0.4, -0.2) is 38.6 Å². The van der Waals surface area contributed by atoms with Crippen LogP contribution in [0.15, 0.2) is 42.5 Å². The van der Waals surface area contributed by atoms with Crippen molar-refractivity contribution < 1.29 is 18.7 Å². The van der Waals surface area contributed by atoms with E-state index in [9.17, 15) is 14.0 Å². The lowest BCUT2D eigenvalue weighted by Gasteiger charge is -2.29. The lowest BCUT2D eigenvalue weighted by Crippen LogP contribution is -2.39. The maximum atomic E-state index is 13.7. The number of carbonyl (C=O) groups is 2. The van der Waals surface area contributed by atoms with Gasteiger partial charge in [-0.2, -0.15) is 0 Å². The number of carbonyl (C=O) groups excluding carboxylic acids is 2. The smallest absolute Gasteiger partial charge is 0.251 e. The standard InChI is InChI=1S/C28H36FN3O3/c1-35-23-9-5-8-20(16-23)27(33)30-15-13-24(19-6-3-2-4-7-19)28(34)31-14-12-21-18-32-26-11-10-22(29)17-25(21)26/h5,8-11,16-17,19,21,24,32H,2-4,6-7,12-15,18H2,1H3,(H,30,33)(H,31,34). The van der Waals surface area contributed by atoms with Gasteiger partial charge < -0.3 is 20.7 Å². The number of benzene rings is 2. The first-order valence-electron chi connectivity index (χ1n) is 12.8. The molecule has 0 saturated heterocycles. The maximum Gasteiger partial charge on any atom is 0.251 e. The van der Waals surface area contributed by atoms with Crippen molar-refractivity contribution in [2.75, 3.05) is 32.1 Å². The minimum atomic E-state index is -0.227. The van der Waals surface area contributed by atoms with Crippen LogP contribution in [0, 0.1) is 17.7 Å². The van der Waals surface area contributed by atoms with Gasteiger partial charge in [-0.25, -0.2) is 4.39 Å². The summed E-state index contributed by atoms with van der Waals surface area (Å²) in [5.74, 6) is 0.739. The summed E-state index contributed by atoms with van der Waals surface area (Å²) in [7, 11) is 1.57. The highest BCUT2D eigenvalue weighted by atomic mass is 19.1. The van der Waals surface area contributed by atoms with Gasteiger partial charge >= 0.3 is 0 Å². The van der Waals surface area contributed by atoms with Crippen molar-refractivity contribution in [1.29, 1.82) is 0 Å². The van der Waals surface area contributed by atoms with E-state index >= 15 is 0 Å². The Balaban J connectivity index is 1.30. The molecule has 2 aromatic rings. The molecule has 188 valence electrons. The van der Waals surface area contributed by atoms with Crippen molar-refractivity contribution in [2.45, 2.75) is 50.9 Å². The number of fused-ring (bicyclic) bond motifs is 1. The monoisotopic (exact) mass is 481 g/mol. The predicted octanol–water partition coefficient (Wildman–Crippen LogP) is 4.87. The highest BCUT2D eigenvalue weighted by molar-refractivity contribution is 5.94. The molecular weight excluding hydrogens is 445 g/mol. The second-order valence-corrected chi connectivity index (χ2v) is 9.67. The molecule has 35 heavy (non-hydrogen) atoms. The first kappa shape index (κ1) is 25.0. The third kappa shape index (κ3) is 6.53. The molecule has 1 saturated carbocycles. The minimum absolute atomic E-state index is 0.0675. The molecule has 1 heterocycles. The molecule has 1 aliphatic carbocycles. The molecule has 0 aromatic heterocycles. The van der Waals surface area contributed by atoms with Gasteiger partial charge in [-0.15, -0.1) is 0 Å². The third-order valence-corrected chi connectivity index (χ3v) is 7.41. The van der Waals surface area contributed by atoms with E-state index in [-0.39, 0.29) is 29.5 Å². The molecule has 2 unspecified atom stereocenters. The molecule has 1 aliphatic heterocycles. The highest BCUT2D eigenvalue weighted by Crippen LogP contribution is 2.34. The Kier molecular flexibility index (Phi) is 8.61. The number of nitrogens with one attached hydrogen (secondary N) is 3. The van der Waals surface area contributed by atoms with E-state index < -0.39 is 0 Å². The van der Waals surface area contributed by atoms with Gasteiger partial charge in [0, 0.05) is 42.7 Å². The Hall–Kier alpha value is -3.09. The summed E-state index contributed by atoms with van der Waals surface area (Å²) in [6.07, 6.45) is 7.02. The summed E-state index contributed by atoms with van der Waals surface area (Å²) in [6, 6.07) is 11.9. The van der Waals surface area contributed by atoms with Crippen molar-refractivity contribution in [3.63, 3.8) is 0 Å². The van der Waals surface area contributed by atoms with Crippen LogP contribution in [0.3, 0.4) is 0 Å². The van der Waals surface area contributed by atoms with E-state index in [0.29, 0.717) is 36.7 Å². The second-order valence-electron chi connectivity index (χ2n) is 9.67. The van der Waals surface area contributed by atoms with Gasteiger partial charge in [0.15, 0.2) is 0 Å². The first-order valence-corrected chi connectivity index (χ1v) is 12.8. The van der Waals surface area contributed by atoms with Crippen LogP contribution in [0.4, 0.5) is 10.1 Å². The van der Waals surface area contributed by atoms with E-state index in [1.54, 1.807) is 43.5 Å². The van der Waals surface area contributed by atoms with Gasteiger partial charge in [-0.3, -0.25) is 9.59 Å². The summed E-state index contributed by atoms with van der Waals surface area (Å²) in [5.41, 5.74) is 2.52. The molecule has 2 aromatic carbocycles. The number of amides is 2. The molecule has 4 rings (SSSR count). The molecule has 0 bridgehead atoms. The third-order valence-electron chi connectivity index (χ3n) is 7.41. The maximum absolute atomic E-state index is 13.7. The Morgan fingerprint density at radius 2 is 1.91 bits per heavy atom. The van der Waals surface area contributed by atoms with Gasteiger partial charge in [0.1, 0.15) is 11.6 Å². The molecule has 2 atom stereocenters. The second kappa shape index (κ2) is 12.0. The molecule has 0 spiro atoms. The van der Waals surface area contributed by atoms with Crippen LogP contribution in [-0.2, 0) is 4.79 Å². The van der Waals surface area contributed by atoms with E-state index in [1.807, 2.05) is 0 Å². The average molecular weight is 482 g/mol. The van der Waals surface area contributed by atoms with E-state index in [4.69, 9.17) is 4.74 Å². The van der Waals surface area contributed by atoms with Gasteiger partial charge in [0.25, 0.3) is 5.91 Å². The molecule has 0 radical (unpaired) electrons. The summed E-state index contributed by atoms with van der Waals surface area (Å²) in [5, 5.41) is 9.44. The fourth-order valence-corrected chi connectivity index (χ4v) is 5.46. The van der Waals surface area contributed by atoms with Gasteiger partial charge in [-0.05, 0) is 73.6 Å². The number of rotatable bonds is 10. The van der Waals surface area contributed by atoms with Crippen LogP contribution in [0.1, 0.15) is 66.8 Å². The number of hydrogen-bond donors (Lipinski definition) is 3. The summed E-state index contributed by atoms with van der Waals surface area (Å²) in [4.78, 5) is 25.8. The normalized spacial score (nSPS) is 18.3. The predicted molar refractivity (Wildman–Crippen MR) is 135 cm³/mol. The molecule has 2 amide bonds. The number of halogens is 1. The number of methoxy groups -OCH3 is 1. The molecule has 6 nitrogen and oxygen atoms in total. The molecular formula is C28H36FN3O3. The lowest BCUT2D eigenvalue weighted by molar-refractivity contribution is -0.127. The topological polar surface area (TPSA) is 79.5 Å². The van der Waals surface area contributed by atoms with Crippen LogP contribution in [0.25, 0.3) is 0 Å². The Bertz CT molecular complexity index is 1020. The van der Waals surface area contributed by atoms with Crippen molar-refractivity contribution in [2.24, 2.45) is 11.8 Å². The van der Waals surface area contributed by atoms with Gasteiger partial charge in [0.05, 0.1) is 7.11 Å². The molecule has 7 heteroatoms. The number of hydrogen-bond acceptors (Lipinski definition) is 4. The van der Waals surface area contributed by atoms with E-state index in [2.05, 4.69) is 16.0 Å². The van der Waals surface area contributed by atoms with Crippen LogP contribution in [0.2, 0.25) is 0 Å². The average Bonchev–Trinajstić information content (AvgIpc) is 3.28. The largest absolute Gasteiger partial charge is 0.497 e. The van der Waals surface area contributed by atoms with Crippen LogP contribution < -0.4 is 20.7 Å². The van der Waals surface area contributed by atoms with Crippen molar-refractivity contribution in [3.05, 3.63) is 59.4 Å². The Labute approximate surface area is 207 Å². The van der Waals surface area contributed by atoms with E-state index in [0.717, 1.165) is 49.9 Å². The Morgan fingerprint density at radius 3 is 2.71 bits per heavy atom. The summed E-state index contributed by atoms with van der Waals surface area (Å²) < 4.78 is 18.9. The first-order chi connectivity index (χ1) is 17.0. The fourth-order valence-electron chi connectivity index (χ4n) is 5.46. The van der Waals surface area contributed by atoms with Crippen LogP contribution in [0.5, 0.6) is 5.75 Å². The number of ether oxygens (including phenoxy) is 1. The van der Waals surface area contributed by atoms with Gasteiger partial charge in [-0.1, -0.05) is 25.3 Å². The Morgan fingerprint density at radius 1 is 1.09 bits per heavy atom. The summed E-state index contributed by atoms with van der Waals surface area (Å²) in [6.45, 7) is 1.77. The quantitative estimate of drug-likeness (QED) is 0.453. The minimum Gasteiger partial charge on any atom is -0.497 e. The molecule has 2 aliphatic rings. The molecule has 3 N–H and O–H groups in total. The fraction of sp³-hybridized carbons (Fsp3) is 0.500. The molecule has 1 fully saturated rings. The SMILES string of the molecule is COc1cccc(C(=O)NCCC(C(=O)NCCC2CNc3ccc(F)cc32)C2CCCCC2)c1.